The first-order chi connectivity index (χ1) is 9.22. The molecular weight excluding hydrogens is 244 g/mol. The highest BCUT2D eigenvalue weighted by atomic mass is 16.2. The summed E-state index contributed by atoms with van der Waals surface area (Å²) in [4.78, 5) is 11.4. The molecule has 1 aromatic carbocycles. The first-order valence-electron chi connectivity index (χ1n) is 6.00. The first-order valence-corrected chi connectivity index (χ1v) is 6.00. The standard InChI is InChI=1S/C12H16N6O/c1-9(12(19)13-2)14-8-11-15-16-17-18(11)10-6-4-3-5-7-10/h3-7,9,14H,8H2,1-2H3,(H,13,19). The van der Waals surface area contributed by atoms with Gasteiger partial charge in [0.1, 0.15) is 0 Å². The van der Waals surface area contributed by atoms with E-state index in [-0.39, 0.29) is 11.9 Å². The van der Waals surface area contributed by atoms with Gasteiger partial charge in [0.2, 0.25) is 5.91 Å². The lowest BCUT2D eigenvalue weighted by Gasteiger charge is -2.11. The zero-order valence-electron chi connectivity index (χ0n) is 10.9. The molecule has 0 saturated carbocycles. The van der Waals surface area contributed by atoms with E-state index in [9.17, 15) is 4.79 Å². The van der Waals surface area contributed by atoms with Crippen LogP contribution in [0.1, 0.15) is 12.7 Å². The number of rotatable bonds is 5. The molecule has 0 spiro atoms. The summed E-state index contributed by atoms with van der Waals surface area (Å²) in [5.41, 5.74) is 0.886. The molecule has 0 aliphatic rings. The van der Waals surface area contributed by atoms with E-state index < -0.39 is 0 Å². The van der Waals surface area contributed by atoms with E-state index in [1.807, 2.05) is 30.3 Å². The van der Waals surface area contributed by atoms with Crippen molar-refractivity contribution in [1.29, 1.82) is 0 Å². The predicted octanol–water partition coefficient (Wildman–Crippen LogP) is -0.114. The number of benzene rings is 1. The van der Waals surface area contributed by atoms with Crippen LogP contribution in [0.15, 0.2) is 30.3 Å². The molecule has 0 saturated heterocycles. The third-order valence-electron chi connectivity index (χ3n) is 2.74. The fraction of sp³-hybridized carbons (Fsp3) is 0.333. The van der Waals surface area contributed by atoms with Crippen molar-refractivity contribution in [3.63, 3.8) is 0 Å². The van der Waals surface area contributed by atoms with E-state index in [0.717, 1.165) is 5.69 Å². The Hall–Kier alpha value is -2.28. The van der Waals surface area contributed by atoms with Crippen LogP contribution in [0.25, 0.3) is 5.69 Å². The van der Waals surface area contributed by atoms with Crippen LogP contribution < -0.4 is 10.6 Å². The van der Waals surface area contributed by atoms with Crippen LogP contribution in [0.2, 0.25) is 0 Å². The normalized spacial score (nSPS) is 12.1. The number of amides is 1. The lowest BCUT2D eigenvalue weighted by Crippen LogP contribution is -2.40. The number of nitrogens with one attached hydrogen (secondary N) is 2. The molecule has 0 aliphatic heterocycles. The van der Waals surface area contributed by atoms with Crippen molar-refractivity contribution in [2.24, 2.45) is 0 Å². The third kappa shape index (κ3) is 3.14. The van der Waals surface area contributed by atoms with Crippen molar-refractivity contribution in [2.75, 3.05) is 7.05 Å². The third-order valence-corrected chi connectivity index (χ3v) is 2.74. The van der Waals surface area contributed by atoms with Crippen molar-refractivity contribution in [1.82, 2.24) is 30.8 Å². The number of likely N-dealkylation sites (N-methyl/N-ethyl adjacent to an activating group) is 1. The number of carbonyl (C=O) groups excluding carboxylic acids is 1. The molecule has 0 fully saturated rings. The Balaban J connectivity index is 2.07. The van der Waals surface area contributed by atoms with E-state index in [1.165, 1.54) is 0 Å². The van der Waals surface area contributed by atoms with Gasteiger partial charge in [0, 0.05) is 7.05 Å². The number of hydrogen-bond acceptors (Lipinski definition) is 5. The van der Waals surface area contributed by atoms with E-state index in [0.29, 0.717) is 12.4 Å². The first kappa shape index (κ1) is 13.2. The van der Waals surface area contributed by atoms with Crippen LogP contribution in [-0.4, -0.2) is 39.2 Å². The van der Waals surface area contributed by atoms with Gasteiger partial charge >= 0.3 is 0 Å². The largest absolute Gasteiger partial charge is 0.358 e. The summed E-state index contributed by atoms with van der Waals surface area (Å²) in [6.45, 7) is 2.20. The highest BCUT2D eigenvalue weighted by Gasteiger charge is 2.13. The fourth-order valence-electron chi connectivity index (χ4n) is 1.64. The van der Waals surface area contributed by atoms with Gasteiger partial charge in [-0.15, -0.1) is 5.10 Å². The minimum Gasteiger partial charge on any atom is -0.358 e. The molecule has 2 N–H and O–H groups in total. The van der Waals surface area contributed by atoms with Crippen LogP contribution in [0, 0.1) is 0 Å². The molecule has 7 heteroatoms. The molecule has 19 heavy (non-hydrogen) atoms. The smallest absolute Gasteiger partial charge is 0.236 e. The lowest BCUT2D eigenvalue weighted by atomic mass is 10.3. The maximum atomic E-state index is 11.4. The molecular formula is C12H16N6O. The second-order valence-electron chi connectivity index (χ2n) is 4.06. The average molecular weight is 260 g/mol. The number of hydrogen-bond donors (Lipinski definition) is 2. The molecule has 1 atom stereocenters. The molecule has 0 aliphatic carbocycles. The second-order valence-corrected chi connectivity index (χ2v) is 4.06. The second kappa shape index (κ2) is 6.05. The monoisotopic (exact) mass is 260 g/mol. The SMILES string of the molecule is CNC(=O)C(C)NCc1nnnn1-c1ccccc1. The van der Waals surface area contributed by atoms with E-state index in [2.05, 4.69) is 26.2 Å². The van der Waals surface area contributed by atoms with Crippen molar-refractivity contribution < 1.29 is 4.79 Å². The minimum absolute atomic E-state index is 0.0706. The average Bonchev–Trinajstić information content (AvgIpc) is 2.93. The maximum Gasteiger partial charge on any atom is 0.236 e. The van der Waals surface area contributed by atoms with Crippen LogP contribution in [0.5, 0.6) is 0 Å². The van der Waals surface area contributed by atoms with Gasteiger partial charge in [-0.25, -0.2) is 0 Å². The quantitative estimate of drug-likeness (QED) is 0.783. The molecule has 1 aromatic heterocycles. The molecule has 1 heterocycles. The van der Waals surface area contributed by atoms with Crippen molar-refractivity contribution in [3.8, 4) is 5.69 Å². The Bertz CT molecular complexity index is 538. The summed E-state index contributed by atoms with van der Waals surface area (Å²) in [5.74, 6) is 0.584. The highest BCUT2D eigenvalue weighted by Crippen LogP contribution is 2.06. The minimum atomic E-state index is -0.300. The van der Waals surface area contributed by atoms with Gasteiger partial charge in [-0.05, 0) is 29.5 Å². The van der Waals surface area contributed by atoms with Gasteiger partial charge in [0.25, 0.3) is 0 Å². The van der Waals surface area contributed by atoms with Gasteiger partial charge in [0.05, 0.1) is 18.3 Å². The Morgan fingerprint density at radius 2 is 2.11 bits per heavy atom. The summed E-state index contributed by atoms with van der Waals surface area (Å²) in [6.07, 6.45) is 0. The molecule has 0 radical (unpaired) electrons. The molecule has 0 bridgehead atoms. The van der Waals surface area contributed by atoms with Gasteiger partial charge in [-0.2, -0.15) is 4.68 Å². The molecule has 100 valence electrons. The van der Waals surface area contributed by atoms with E-state index >= 15 is 0 Å². The maximum absolute atomic E-state index is 11.4. The van der Waals surface area contributed by atoms with Crippen LogP contribution in [-0.2, 0) is 11.3 Å². The molecule has 2 rings (SSSR count). The molecule has 2 aromatic rings. The fourth-order valence-corrected chi connectivity index (χ4v) is 1.64. The van der Waals surface area contributed by atoms with Gasteiger partial charge in [0.15, 0.2) is 5.82 Å². The summed E-state index contributed by atoms with van der Waals surface area (Å²) in [5, 5.41) is 17.2. The molecule has 1 unspecified atom stereocenters. The predicted molar refractivity (Wildman–Crippen MR) is 69.5 cm³/mol. The lowest BCUT2D eigenvalue weighted by molar-refractivity contribution is -0.122. The summed E-state index contributed by atoms with van der Waals surface area (Å²) in [7, 11) is 1.61. The summed E-state index contributed by atoms with van der Waals surface area (Å²) >= 11 is 0. The van der Waals surface area contributed by atoms with Crippen LogP contribution in [0.4, 0.5) is 0 Å². The van der Waals surface area contributed by atoms with Crippen LogP contribution in [0.3, 0.4) is 0 Å². The number of aromatic nitrogens is 4. The Morgan fingerprint density at radius 1 is 1.37 bits per heavy atom. The zero-order valence-corrected chi connectivity index (χ0v) is 10.9. The number of nitrogens with zero attached hydrogens (tertiary/aromatic N) is 4. The van der Waals surface area contributed by atoms with E-state index in [4.69, 9.17) is 0 Å². The summed E-state index contributed by atoms with van der Waals surface area (Å²) in [6, 6.07) is 9.30. The van der Waals surface area contributed by atoms with Crippen molar-refractivity contribution >= 4 is 5.91 Å². The molecule has 1 amide bonds. The van der Waals surface area contributed by atoms with Crippen LogP contribution >= 0.6 is 0 Å². The van der Waals surface area contributed by atoms with Crippen molar-refractivity contribution in [2.45, 2.75) is 19.5 Å². The van der Waals surface area contributed by atoms with E-state index in [1.54, 1.807) is 18.7 Å². The number of tetrazole rings is 1. The van der Waals surface area contributed by atoms with Crippen molar-refractivity contribution in [3.05, 3.63) is 36.2 Å². The Morgan fingerprint density at radius 3 is 2.79 bits per heavy atom. The molecule has 7 nitrogen and oxygen atoms in total. The zero-order chi connectivity index (χ0) is 13.7. The number of carbonyl (C=O) groups is 1. The summed E-state index contributed by atoms with van der Waals surface area (Å²) < 4.78 is 1.64. The van der Waals surface area contributed by atoms with Gasteiger partial charge in [-0.3, -0.25) is 10.1 Å². The number of para-hydroxylation sites is 1. The Labute approximate surface area is 111 Å². The topological polar surface area (TPSA) is 84.7 Å². The Kier molecular flexibility index (Phi) is 4.19. The highest BCUT2D eigenvalue weighted by molar-refractivity contribution is 5.80. The van der Waals surface area contributed by atoms with Gasteiger partial charge < -0.3 is 5.32 Å². The van der Waals surface area contributed by atoms with Gasteiger partial charge in [-0.1, -0.05) is 18.2 Å².